The van der Waals surface area contributed by atoms with Gasteiger partial charge in [-0.2, -0.15) is 0 Å². The molecule has 0 heterocycles. The molecule has 1 saturated carbocycles. The SMILES string of the molecule is CCN(C(=O)c1ccc(OC(=O)C2CCC(C(=O)Oc3ccc(OC)cc3/C=C/C(=O)c3ccc(F)cc3)CC2)cc1)c1ccc(OC)cc1. The molecule has 5 rings (SSSR count). The third-order valence-electron chi connectivity index (χ3n) is 8.63. The molecule has 10 heteroatoms. The lowest BCUT2D eigenvalue weighted by atomic mass is 9.82. The number of halogens is 1. The Balaban J connectivity index is 1.14. The second-order valence-corrected chi connectivity index (χ2v) is 11.8. The first-order chi connectivity index (χ1) is 24.2. The molecule has 4 aromatic rings. The van der Waals surface area contributed by atoms with Gasteiger partial charge in [0, 0.05) is 28.9 Å². The summed E-state index contributed by atoms with van der Waals surface area (Å²) < 4.78 is 35.2. The van der Waals surface area contributed by atoms with Crippen LogP contribution in [0.25, 0.3) is 6.08 Å². The first-order valence-electron chi connectivity index (χ1n) is 16.3. The number of ketones is 1. The van der Waals surface area contributed by atoms with E-state index in [0.717, 1.165) is 5.69 Å². The zero-order chi connectivity index (χ0) is 35.6. The molecule has 1 aliphatic rings. The van der Waals surface area contributed by atoms with E-state index in [1.807, 2.05) is 19.1 Å². The molecule has 9 nitrogen and oxygen atoms in total. The molecule has 0 spiro atoms. The molecule has 50 heavy (non-hydrogen) atoms. The highest BCUT2D eigenvalue weighted by atomic mass is 19.1. The largest absolute Gasteiger partial charge is 0.497 e. The van der Waals surface area contributed by atoms with Gasteiger partial charge in [-0.25, -0.2) is 4.39 Å². The number of hydrogen-bond acceptors (Lipinski definition) is 8. The number of anilines is 1. The molecule has 0 saturated heterocycles. The summed E-state index contributed by atoms with van der Waals surface area (Å²) in [6, 6.07) is 23.8. The van der Waals surface area contributed by atoms with Crippen LogP contribution in [0, 0.1) is 17.7 Å². The summed E-state index contributed by atoms with van der Waals surface area (Å²) in [4.78, 5) is 53.6. The van der Waals surface area contributed by atoms with Crippen LogP contribution in [0.1, 0.15) is 58.9 Å². The third kappa shape index (κ3) is 8.82. The lowest BCUT2D eigenvalue weighted by Crippen LogP contribution is -2.31. The summed E-state index contributed by atoms with van der Waals surface area (Å²) in [5, 5.41) is 0. The molecule has 0 atom stereocenters. The molecule has 0 radical (unpaired) electrons. The van der Waals surface area contributed by atoms with E-state index in [9.17, 15) is 23.6 Å². The fourth-order valence-corrected chi connectivity index (χ4v) is 5.74. The highest BCUT2D eigenvalue weighted by Crippen LogP contribution is 2.33. The van der Waals surface area contributed by atoms with Crippen LogP contribution in [0.15, 0.2) is 97.1 Å². The second kappa shape index (κ2) is 16.6. The molecular formula is C40H38FNO8. The van der Waals surface area contributed by atoms with Crippen molar-refractivity contribution in [2.75, 3.05) is 25.7 Å². The topological polar surface area (TPSA) is 108 Å². The lowest BCUT2D eigenvalue weighted by Gasteiger charge is -2.26. The summed E-state index contributed by atoms with van der Waals surface area (Å²) in [6.07, 6.45) is 4.62. The van der Waals surface area contributed by atoms with Crippen molar-refractivity contribution in [3.05, 3.63) is 120 Å². The van der Waals surface area contributed by atoms with Gasteiger partial charge >= 0.3 is 11.9 Å². The maximum atomic E-state index is 13.3. The Kier molecular flexibility index (Phi) is 11.8. The number of benzene rings is 4. The quantitative estimate of drug-likeness (QED) is 0.0648. The van der Waals surface area contributed by atoms with Gasteiger partial charge in [-0.1, -0.05) is 0 Å². The predicted molar refractivity (Wildman–Crippen MR) is 186 cm³/mol. The van der Waals surface area contributed by atoms with Crippen LogP contribution >= 0.6 is 0 Å². The number of carbonyl (C=O) groups is 4. The van der Waals surface area contributed by atoms with E-state index in [-0.39, 0.29) is 23.4 Å². The summed E-state index contributed by atoms with van der Waals surface area (Å²) in [7, 11) is 3.09. The van der Waals surface area contributed by atoms with E-state index < -0.39 is 23.7 Å². The molecule has 1 amide bonds. The Hall–Kier alpha value is -5.77. The molecule has 1 aliphatic carbocycles. The van der Waals surface area contributed by atoms with Gasteiger partial charge in [-0.3, -0.25) is 19.2 Å². The first-order valence-corrected chi connectivity index (χ1v) is 16.3. The van der Waals surface area contributed by atoms with Gasteiger partial charge in [0.1, 0.15) is 28.8 Å². The van der Waals surface area contributed by atoms with Crippen molar-refractivity contribution in [2.24, 2.45) is 11.8 Å². The minimum atomic E-state index is -0.441. The predicted octanol–water partition coefficient (Wildman–Crippen LogP) is 7.72. The molecule has 0 N–H and O–H groups in total. The molecule has 1 fully saturated rings. The van der Waals surface area contributed by atoms with Crippen LogP contribution in [0.2, 0.25) is 0 Å². The van der Waals surface area contributed by atoms with Crippen LogP contribution in [0.4, 0.5) is 10.1 Å². The lowest BCUT2D eigenvalue weighted by molar-refractivity contribution is -0.145. The van der Waals surface area contributed by atoms with Crippen LogP contribution in [-0.2, 0) is 9.59 Å². The van der Waals surface area contributed by atoms with E-state index in [1.54, 1.807) is 66.6 Å². The van der Waals surface area contributed by atoms with Crippen molar-refractivity contribution in [3.63, 3.8) is 0 Å². The van der Waals surface area contributed by atoms with Crippen LogP contribution in [0.5, 0.6) is 23.0 Å². The van der Waals surface area contributed by atoms with E-state index >= 15 is 0 Å². The van der Waals surface area contributed by atoms with Crippen molar-refractivity contribution in [2.45, 2.75) is 32.6 Å². The number of ether oxygens (including phenoxy) is 4. The molecule has 4 aromatic carbocycles. The Bertz CT molecular complexity index is 1840. The van der Waals surface area contributed by atoms with E-state index in [2.05, 4.69) is 0 Å². The average molecular weight is 680 g/mol. The summed E-state index contributed by atoms with van der Waals surface area (Å²) >= 11 is 0. The summed E-state index contributed by atoms with van der Waals surface area (Å²) in [5.74, 6) is -0.797. The number of esters is 2. The third-order valence-corrected chi connectivity index (χ3v) is 8.63. The van der Waals surface area contributed by atoms with E-state index in [1.165, 1.54) is 43.5 Å². The minimum absolute atomic E-state index is 0.183. The molecule has 0 bridgehead atoms. The molecule has 258 valence electrons. The maximum absolute atomic E-state index is 13.3. The van der Waals surface area contributed by atoms with Gasteiger partial charge in [-0.05, 0) is 136 Å². The number of amides is 1. The number of allylic oxidation sites excluding steroid dienone is 1. The smallest absolute Gasteiger partial charge is 0.314 e. The van der Waals surface area contributed by atoms with Crippen LogP contribution in [-0.4, -0.2) is 44.4 Å². The normalized spacial score (nSPS) is 15.6. The van der Waals surface area contributed by atoms with Gasteiger partial charge in [0.05, 0.1) is 26.1 Å². The summed E-state index contributed by atoms with van der Waals surface area (Å²) in [6.45, 7) is 2.36. The summed E-state index contributed by atoms with van der Waals surface area (Å²) in [5.41, 5.74) is 1.97. The molecule has 0 aliphatic heterocycles. The van der Waals surface area contributed by atoms with E-state index in [4.69, 9.17) is 18.9 Å². The van der Waals surface area contributed by atoms with Crippen molar-refractivity contribution in [1.29, 1.82) is 0 Å². The van der Waals surface area contributed by atoms with Crippen LogP contribution < -0.4 is 23.8 Å². The molecule has 0 aromatic heterocycles. The number of hydrogen-bond donors (Lipinski definition) is 0. The second-order valence-electron chi connectivity index (χ2n) is 11.8. The Morgan fingerprint density at radius 1 is 0.700 bits per heavy atom. The highest BCUT2D eigenvalue weighted by Gasteiger charge is 2.32. The minimum Gasteiger partial charge on any atom is -0.497 e. The highest BCUT2D eigenvalue weighted by molar-refractivity contribution is 6.07. The zero-order valence-electron chi connectivity index (χ0n) is 28.1. The molecule has 0 unspecified atom stereocenters. The number of rotatable bonds is 12. The zero-order valence-corrected chi connectivity index (χ0v) is 28.1. The number of nitrogens with zero attached hydrogens (tertiary/aromatic N) is 1. The van der Waals surface area contributed by atoms with Crippen molar-refractivity contribution >= 4 is 35.4 Å². The van der Waals surface area contributed by atoms with Crippen molar-refractivity contribution in [1.82, 2.24) is 0 Å². The van der Waals surface area contributed by atoms with Gasteiger partial charge in [0.15, 0.2) is 5.78 Å². The first kappa shape index (κ1) is 35.5. The Morgan fingerprint density at radius 3 is 1.82 bits per heavy atom. The van der Waals surface area contributed by atoms with Gasteiger partial charge in [0.25, 0.3) is 5.91 Å². The fourth-order valence-electron chi connectivity index (χ4n) is 5.74. The van der Waals surface area contributed by atoms with Crippen molar-refractivity contribution in [3.8, 4) is 23.0 Å². The number of carbonyl (C=O) groups excluding carboxylic acids is 4. The van der Waals surface area contributed by atoms with Crippen molar-refractivity contribution < 1.29 is 42.5 Å². The Morgan fingerprint density at radius 2 is 1.24 bits per heavy atom. The fraction of sp³-hybridized carbons (Fsp3) is 0.250. The van der Waals surface area contributed by atoms with Crippen LogP contribution in [0.3, 0.4) is 0 Å². The molecular weight excluding hydrogens is 641 g/mol. The van der Waals surface area contributed by atoms with Gasteiger partial charge < -0.3 is 23.8 Å². The van der Waals surface area contributed by atoms with Gasteiger partial charge in [-0.15, -0.1) is 0 Å². The Labute approximate surface area is 290 Å². The van der Waals surface area contributed by atoms with Gasteiger partial charge in [0.2, 0.25) is 0 Å². The number of methoxy groups -OCH3 is 2. The monoisotopic (exact) mass is 679 g/mol. The maximum Gasteiger partial charge on any atom is 0.314 e. The average Bonchev–Trinajstić information content (AvgIpc) is 3.15. The standard InChI is InChI=1S/C40H38FNO8/c1-4-42(32-16-20-33(47-2)21-17-32)38(44)27-11-18-34(19-12-27)49-39(45)28-5-7-29(8-6-28)40(46)50-37-24-22-35(48-3)25-30(37)13-23-36(43)26-9-14-31(41)15-10-26/h9-25,28-29H,4-8H2,1-3H3/b23-13+. The van der Waals surface area contributed by atoms with E-state index in [0.29, 0.717) is 66.2 Å².